The molecule has 1 N–H and O–H groups in total. The minimum absolute atomic E-state index is 0.0609. The quantitative estimate of drug-likeness (QED) is 0.635. The van der Waals surface area contributed by atoms with Crippen molar-refractivity contribution < 1.29 is 9.53 Å². The van der Waals surface area contributed by atoms with Crippen molar-refractivity contribution in [1.29, 1.82) is 0 Å². The molecule has 21 heavy (non-hydrogen) atoms. The molecule has 6 nitrogen and oxygen atoms in total. The van der Waals surface area contributed by atoms with Gasteiger partial charge in [0, 0.05) is 13.7 Å². The first-order chi connectivity index (χ1) is 10.2. The lowest BCUT2D eigenvalue weighted by Gasteiger charge is -2.11. The van der Waals surface area contributed by atoms with Crippen LogP contribution in [0.3, 0.4) is 0 Å². The van der Waals surface area contributed by atoms with Gasteiger partial charge in [-0.05, 0) is 12.1 Å². The van der Waals surface area contributed by atoms with Gasteiger partial charge in [0.25, 0.3) is 5.56 Å². The second-order valence-electron chi connectivity index (χ2n) is 4.41. The number of hydrogen-bond donors (Lipinski definition) is 1. The van der Waals surface area contributed by atoms with E-state index in [0.717, 1.165) is 0 Å². The number of hydrogen-bond acceptors (Lipinski definition) is 4. The summed E-state index contributed by atoms with van der Waals surface area (Å²) in [6, 6.07) is 6.99. The smallest absolute Gasteiger partial charge is 0.261 e. The van der Waals surface area contributed by atoms with Gasteiger partial charge in [-0.2, -0.15) is 0 Å². The highest BCUT2D eigenvalue weighted by Gasteiger charge is 2.12. The molecule has 2 aromatic rings. The highest BCUT2D eigenvalue weighted by molar-refractivity contribution is 6.16. The minimum Gasteiger partial charge on any atom is -0.383 e. The lowest BCUT2D eigenvalue weighted by Crippen LogP contribution is -2.35. The zero-order valence-electron chi connectivity index (χ0n) is 11.6. The van der Waals surface area contributed by atoms with Crippen LogP contribution in [0.1, 0.15) is 5.82 Å². The van der Waals surface area contributed by atoms with E-state index in [0.29, 0.717) is 29.9 Å². The van der Waals surface area contributed by atoms with Crippen molar-refractivity contribution in [2.24, 2.45) is 0 Å². The predicted octanol–water partition coefficient (Wildman–Crippen LogP) is 0.898. The lowest BCUT2D eigenvalue weighted by atomic mass is 10.2. The average Bonchev–Trinajstić information content (AvgIpc) is 2.50. The molecule has 112 valence electrons. The third kappa shape index (κ3) is 3.59. The first kappa shape index (κ1) is 15.5. The molecule has 0 aliphatic heterocycles. The Morgan fingerprint density at radius 3 is 2.90 bits per heavy atom. The van der Waals surface area contributed by atoms with Crippen molar-refractivity contribution >= 4 is 28.4 Å². The van der Waals surface area contributed by atoms with Crippen LogP contribution in [0.2, 0.25) is 0 Å². The summed E-state index contributed by atoms with van der Waals surface area (Å²) >= 11 is 5.84. The summed E-state index contributed by atoms with van der Waals surface area (Å²) in [5, 5.41) is 3.13. The van der Waals surface area contributed by atoms with Gasteiger partial charge in [-0.25, -0.2) is 4.98 Å². The number of nitrogens with one attached hydrogen (secondary N) is 1. The molecule has 2 rings (SSSR count). The second kappa shape index (κ2) is 7.19. The van der Waals surface area contributed by atoms with Crippen LogP contribution >= 0.6 is 11.6 Å². The van der Waals surface area contributed by atoms with Crippen molar-refractivity contribution in [3.63, 3.8) is 0 Å². The second-order valence-corrected chi connectivity index (χ2v) is 4.68. The van der Waals surface area contributed by atoms with Crippen LogP contribution in [0, 0.1) is 0 Å². The molecule has 1 aromatic carbocycles. The molecule has 0 unspecified atom stereocenters. The maximum Gasteiger partial charge on any atom is 0.261 e. The number of nitrogens with zero attached hydrogens (tertiary/aromatic N) is 2. The van der Waals surface area contributed by atoms with Crippen LogP contribution in [0.25, 0.3) is 10.9 Å². The Labute approximate surface area is 126 Å². The molecular formula is C14H16ClN3O3. The van der Waals surface area contributed by atoms with Gasteiger partial charge in [-0.1, -0.05) is 12.1 Å². The molecule has 0 aliphatic carbocycles. The number of fused-ring (bicyclic) bond motifs is 1. The molecule has 7 heteroatoms. The number of benzene rings is 1. The van der Waals surface area contributed by atoms with Crippen LogP contribution in [0.15, 0.2) is 29.1 Å². The fourth-order valence-electron chi connectivity index (χ4n) is 1.97. The Morgan fingerprint density at radius 1 is 1.43 bits per heavy atom. The molecule has 0 saturated carbocycles. The molecule has 0 fully saturated rings. The molecule has 0 spiro atoms. The third-order valence-electron chi connectivity index (χ3n) is 2.99. The first-order valence-electron chi connectivity index (χ1n) is 6.47. The van der Waals surface area contributed by atoms with E-state index in [2.05, 4.69) is 10.3 Å². The van der Waals surface area contributed by atoms with E-state index in [-0.39, 0.29) is 23.9 Å². The van der Waals surface area contributed by atoms with Crippen LogP contribution in [-0.2, 0) is 22.0 Å². The molecular weight excluding hydrogens is 294 g/mol. The number of alkyl halides is 1. The van der Waals surface area contributed by atoms with E-state index in [9.17, 15) is 9.59 Å². The Kier molecular flexibility index (Phi) is 5.30. The molecule has 0 atom stereocenters. The number of rotatable bonds is 6. The zero-order chi connectivity index (χ0) is 15.2. The van der Waals surface area contributed by atoms with Gasteiger partial charge >= 0.3 is 0 Å². The molecule has 1 heterocycles. The normalized spacial score (nSPS) is 10.8. The third-order valence-corrected chi connectivity index (χ3v) is 3.23. The molecule has 0 radical (unpaired) electrons. The van der Waals surface area contributed by atoms with Crippen LogP contribution in [0.5, 0.6) is 0 Å². The summed E-state index contributed by atoms with van der Waals surface area (Å²) in [6.07, 6.45) is 0. The van der Waals surface area contributed by atoms with Crippen LogP contribution < -0.4 is 10.9 Å². The molecule has 0 bridgehead atoms. The number of aromatic nitrogens is 2. The Bertz CT molecular complexity index is 699. The number of halogens is 1. The van der Waals surface area contributed by atoms with Crippen molar-refractivity contribution in [2.45, 2.75) is 12.4 Å². The standard InChI is InChI=1S/C14H16ClN3O3/c1-21-7-6-16-13(19)9-18-12(8-15)17-11-5-3-2-4-10(11)14(18)20/h2-5H,6-9H2,1H3,(H,16,19). The van der Waals surface area contributed by atoms with Crippen LogP contribution in [0.4, 0.5) is 0 Å². The highest BCUT2D eigenvalue weighted by atomic mass is 35.5. The topological polar surface area (TPSA) is 73.2 Å². The van der Waals surface area contributed by atoms with Gasteiger partial charge in [0.1, 0.15) is 12.4 Å². The van der Waals surface area contributed by atoms with E-state index in [4.69, 9.17) is 16.3 Å². The maximum atomic E-state index is 12.4. The Balaban J connectivity index is 2.32. The predicted molar refractivity (Wildman–Crippen MR) is 80.4 cm³/mol. The van der Waals surface area contributed by atoms with Crippen molar-refractivity contribution in [1.82, 2.24) is 14.9 Å². The average molecular weight is 310 g/mol. The van der Waals surface area contributed by atoms with Crippen LogP contribution in [-0.4, -0.2) is 35.7 Å². The molecule has 0 aliphatic rings. The fourth-order valence-corrected chi connectivity index (χ4v) is 2.18. The largest absolute Gasteiger partial charge is 0.383 e. The zero-order valence-corrected chi connectivity index (χ0v) is 12.4. The van der Waals surface area contributed by atoms with Gasteiger partial charge in [0.15, 0.2) is 0 Å². The summed E-state index contributed by atoms with van der Waals surface area (Å²) in [5.41, 5.74) is 0.312. The molecule has 1 aromatic heterocycles. The van der Waals surface area contributed by atoms with E-state index in [1.54, 1.807) is 31.4 Å². The van der Waals surface area contributed by atoms with Crippen molar-refractivity contribution in [3.8, 4) is 0 Å². The number of para-hydroxylation sites is 1. The maximum absolute atomic E-state index is 12.4. The summed E-state index contributed by atoms with van der Waals surface area (Å²) < 4.78 is 6.16. The van der Waals surface area contributed by atoms with E-state index in [1.165, 1.54) is 4.57 Å². The number of carbonyl (C=O) groups excluding carboxylic acids is 1. The summed E-state index contributed by atoms with van der Waals surface area (Å²) in [7, 11) is 1.55. The minimum atomic E-state index is -0.280. The summed E-state index contributed by atoms with van der Waals surface area (Å²) in [5.74, 6) is 0.158. The Morgan fingerprint density at radius 2 is 2.19 bits per heavy atom. The number of ether oxygens (including phenoxy) is 1. The lowest BCUT2D eigenvalue weighted by molar-refractivity contribution is -0.121. The first-order valence-corrected chi connectivity index (χ1v) is 7.01. The van der Waals surface area contributed by atoms with Crippen molar-refractivity contribution in [2.75, 3.05) is 20.3 Å². The number of amides is 1. The van der Waals surface area contributed by atoms with Gasteiger partial charge < -0.3 is 10.1 Å². The van der Waals surface area contributed by atoms with E-state index < -0.39 is 0 Å². The van der Waals surface area contributed by atoms with E-state index >= 15 is 0 Å². The van der Waals surface area contributed by atoms with E-state index in [1.807, 2.05) is 0 Å². The SMILES string of the molecule is COCCNC(=O)Cn1c(CCl)nc2ccccc2c1=O. The monoisotopic (exact) mass is 309 g/mol. The van der Waals surface area contributed by atoms with Gasteiger partial charge in [-0.3, -0.25) is 14.2 Å². The summed E-state index contributed by atoms with van der Waals surface area (Å²) in [6.45, 7) is 0.697. The van der Waals surface area contributed by atoms with Gasteiger partial charge in [0.05, 0.1) is 23.4 Å². The summed E-state index contributed by atoms with van der Waals surface area (Å²) in [4.78, 5) is 28.6. The number of carbonyl (C=O) groups is 1. The van der Waals surface area contributed by atoms with Gasteiger partial charge in [0.2, 0.25) is 5.91 Å². The number of methoxy groups -OCH3 is 1. The van der Waals surface area contributed by atoms with Gasteiger partial charge in [-0.15, -0.1) is 11.6 Å². The van der Waals surface area contributed by atoms with Crippen molar-refractivity contribution in [3.05, 3.63) is 40.4 Å². The Hall–Kier alpha value is -1.92. The molecule has 0 saturated heterocycles. The fraction of sp³-hybridized carbons (Fsp3) is 0.357. The molecule has 1 amide bonds. The highest BCUT2D eigenvalue weighted by Crippen LogP contribution is 2.09.